The first-order valence-corrected chi connectivity index (χ1v) is 7.22. The minimum atomic E-state index is -0.162. The second kappa shape index (κ2) is 5.96. The first-order valence-electron chi connectivity index (χ1n) is 7.22. The van der Waals surface area contributed by atoms with Gasteiger partial charge in [0.25, 0.3) is 0 Å². The van der Waals surface area contributed by atoms with Crippen LogP contribution in [0, 0.1) is 0 Å². The number of hydrogen-bond donors (Lipinski definition) is 0. The van der Waals surface area contributed by atoms with Gasteiger partial charge in [-0.3, -0.25) is 14.6 Å². The molecule has 1 aromatic carbocycles. The van der Waals surface area contributed by atoms with Gasteiger partial charge in [0.2, 0.25) is 0 Å². The molecule has 0 heterocycles. The van der Waals surface area contributed by atoms with Crippen molar-refractivity contribution in [2.75, 3.05) is 28.2 Å². The van der Waals surface area contributed by atoms with Crippen molar-refractivity contribution in [3.8, 4) is 0 Å². The number of nitrogens with zero attached hydrogens (tertiary/aromatic N) is 2. The lowest BCUT2D eigenvalue weighted by molar-refractivity contribution is 0.0488. The van der Waals surface area contributed by atoms with Gasteiger partial charge in [0, 0.05) is 17.6 Å². The minimum Gasteiger partial charge on any atom is -0.289 e. The fourth-order valence-electron chi connectivity index (χ4n) is 2.93. The Bertz CT molecular complexity index is 574. The first kappa shape index (κ1) is 15.7. The van der Waals surface area contributed by atoms with Gasteiger partial charge in [-0.05, 0) is 41.2 Å². The molecule has 2 rings (SSSR count). The Morgan fingerprint density at radius 3 is 2.10 bits per heavy atom. The number of likely N-dealkylation sites (N-methyl/N-ethyl adjacent to an activating group) is 2. The summed E-state index contributed by atoms with van der Waals surface area (Å²) < 4.78 is 0. The highest BCUT2D eigenvalue weighted by molar-refractivity contribution is 6.11. The van der Waals surface area contributed by atoms with E-state index in [-0.39, 0.29) is 11.4 Å². The Morgan fingerprint density at radius 2 is 1.62 bits per heavy atom. The number of rotatable bonds is 4. The highest BCUT2D eigenvalue weighted by Crippen LogP contribution is 2.33. The zero-order chi connectivity index (χ0) is 15.6. The molecule has 0 saturated heterocycles. The van der Waals surface area contributed by atoms with Crippen molar-refractivity contribution in [2.45, 2.75) is 19.0 Å². The fourth-order valence-corrected chi connectivity index (χ4v) is 2.93. The zero-order valence-electron chi connectivity index (χ0n) is 13.6. The summed E-state index contributed by atoms with van der Waals surface area (Å²) >= 11 is 0. The van der Waals surface area contributed by atoms with Crippen LogP contribution in [0.4, 0.5) is 0 Å². The van der Waals surface area contributed by atoms with Crippen LogP contribution in [0.25, 0.3) is 0 Å². The van der Waals surface area contributed by atoms with Gasteiger partial charge in [0.05, 0.1) is 5.66 Å². The molecule has 3 nitrogen and oxygen atoms in total. The van der Waals surface area contributed by atoms with E-state index in [1.165, 1.54) is 0 Å². The molecule has 0 aromatic heterocycles. The summed E-state index contributed by atoms with van der Waals surface area (Å²) in [6.45, 7) is 2.06. The van der Waals surface area contributed by atoms with Crippen LogP contribution < -0.4 is 0 Å². The number of Topliss-reactive ketones (excluding diaryl/α,β-unsaturated/α-hetero) is 1. The Labute approximate surface area is 127 Å². The second-order valence-electron chi connectivity index (χ2n) is 6.07. The molecule has 0 unspecified atom stereocenters. The Morgan fingerprint density at radius 1 is 1.05 bits per heavy atom. The summed E-state index contributed by atoms with van der Waals surface area (Å²) in [5, 5.41) is 0. The number of carbonyl (C=O) groups is 1. The van der Waals surface area contributed by atoms with E-state index in [0.717, 1.165) is 23.1 Å². The Balaban J connectivity index is 2.34. The fraction of sp³-hybridized carbons (Fsp3) is 0.389. The lowest BCUT2D eigenvalue weighted by atomic mass is 9.85. The van der Waals surface area contributed by atoms with Gasteiger partial charge in [0.15, 0.2) is 5.78 Å². The van der Waals surface area contributed by atoms with Crippen LogP contribution in [-0.2, 0) is 0 Å². The summed E-state index contributed by atoms with van der Waals surface area (Å²) in [5.41, 5.74) is 2.54. The maximum atomic E-state index is 12.6. The van der Waals surface area contributed by atoms with Crippen LogP contribution in [0.15, 0.2) is 53.6 Å². The molecule has 0 amide bonds. The molecule has 0 radical (unpaired) electrons. The molecule has 0 atom stereocenters. The van der Waals surface area contributed by atoms with Gasteiger partial charge in [-0.1, -0.05) is 42.0 Å². The average molecular weight is 284 g/mol. The molecule has 0 aliphatic heterocycles. The first-order chi connectivity index (χ1) is 9.88. The van der Waals surface area contributed by atoms with Crippen LogP contribution >= 0.6 is 0 Å². The van der Waals surface area contributed by atoms with Gasteiger partial charge < -0.3 is 0 Å². The van der Waals surface area contributed by atoms with E-state index in [0.29, 0.717) is 0 Å². The Kier molecular flexibility index (Phi) is 4.45. The third kappa shape index (κ3) is 2.85. The van der Waals surface area contributed by atoms with Crippen LogP contribution in [0.3, 0.4) is 0 Å². The summed E-state index contributed by atoms with van der Waals surface area (Å²) in [6, 6.07) is 9.48. The lowest BCUT2D eigenvalue weighted by Crippen LogP contribution is -2.54. The van der Waals surface area contributed by atoms with Gasteiger partial charge in [0.1, 0.15) is 0 Å². The molecule has 1 aliphatic carbocycles. The summed E-state index contributed by atoms with van der Waals surface area (Å²) in [7, 11) is 8.28. The van der Waals surface area contributed by atoms with Crippen molar-refractivity contribution in [1.82, 2.24) is 9.80 Å². The molecule has 0 bridgehead atoms. The molecule has 1 aliphatic rings. The number of benzene rings is 1. The number of hydrogen-bond acceptors (Lipinski definition) is 3. The van der Waals surface area contributed by atoms with Gasteiger partial charge >= 0.3 is 0 Å². The van der Waals surface area contributed by atoms with Crippen LogP contribution in [0.2, 0.25) is 0 Å². The van der Waals surface area contributed by atoms with E-state index in [1.54, 1.807) is 0 Å². The molecule has 21 heavy (non-hydrogen) atoms. The molecule has 112 valence electrons. The van der Waals surface area contributed by atoms with Crippen molar-refractivity contribution in [1.29, 1.82) is 0 Å². The third-order valence-corrected chi connectivity index (χ3v) is 4.33. The monoisotopic (exact) mass is 284 g/mol. The molecule has 0 N–H and O–H groups in total. The van der Waals surface area contributed by atoms with E-state index in [1.807, 2.05) is 36.4 Å². The largest absolute Gasteiger partial charge is 0.289 e. The summed E-state index contributed by atoms with van der Waals surface area (Å²) in [6.07, 6.45) is 4.95. The molecule has 3 heteroatoms. The highest BCUT2D eigenvalue weighted by atomic mass is 16.1. The Hall–Kier alpha value is -1.71. The van der Waals surface area contributed by atoms with E-state index in [4.69, 9.17) is 0 Å². The van der Waals surface area contributed by atoms with Crippen LogP contribution in [0.1, 0.15) is 23.7 Å². The van der Waals surface area contributed by atoms with Crippen LogP contribution in [0.5, 0.6) is 0 Å². The third-order valence-electron chi connectivity index (χ3n) is 4.33. The van der Waals surface area contributed by atoms with Crippen molar-refractivity contribution in [2.24, 2.45) is 0 Å². The predicted octanol–water partition coefficient (Wildman–Crippen LogP) is 2.97. The number of allylic oxidation sites excluding steroid dienone is 2. The second-order valence-corrected chi connectivity index (χ2v) is 6.07. The maximum Gasteiger partial charge on any atom is 0.192 e. The molecular formula is C18H24N2O. The lowest BCUT2D eigenvalue weighted by Gasteiger charge is -2.45. The van der Waals surface area contributed by atoms with Crippen molar-refractivity contribution in [3.05, 3.63) is 59.2 Å². The van der Waals surface area contributed by atoms with Crippen molar-refractivity contribution >= 4 is 5.78 Å². The normalized spacial score (nSPS) is 17.7. The average Bonchev–Trinajstić information content (AvgIpc) is 2.46. The number of ketones is 1. The van der Waals surface area contributed by atoms with Crippen molar-refractivity contribution < 1.29 is 4.79 Å². The van der Waals surface area contributed by atoms with E-state index >= 15 is 0 Å². The highest BCUT2D eigenvalue weighted by Gasteiger charge is 2.36. The topological polar surface area (TPSA) is 23.6 Å². The molecule has 0 spiro atoms. The van der Waals surface area contributed by atoms with E-state index < -0.39 is 0 Å². The molecule has 0 saturated carbocycles. The van der Waals surface area contributed by atoms with E-state index in [2.05, 4.69) is 51.0 Å². The number of carbonyl (C=O) groups excluding carboxylic acids is 1. The van der Waals surface area contributed by atoms with Gasteiger partial charge in [-0.2, -0.15) is 0 Å². The van der Waals surface area contributed by atoms with Gasteiger partial charge in [-0.15, -0.1) is 0 Å². The quantitative estimate of drug-likeness (QED) is 0.627. The summed E-state index contributed by atoms with van der Waals surface area (Å²) in [4.78, 5) is 17.0. The summed E-state index contributed by atoms with van der Waals surface area (Å²) in [5.74, 6) is 0.107. The molecular weight excluding hydrogens is 260 g/mol. The minimum absolute atomic E-state index is 0.107. The van der Waals surface area contributed by atoms with E-state index in [9.17, 15) is 4.79 Å². The maximum absolute atomic E-state index is 12.6. The predicted molar refractivity (Wildman–Crippen MR) is 87.3 cm³/mol. The smallest absolute Gasteiger partial charge is 0.192 e. The zero-order valence-corrected chi connectivity index (χ0v) is 13.6. The molecule has 1 aromatic rings. The molecule has 0 fully saturated rings. The SMILES string of the molecule is CC1=C(C(=O)c2ccccc2)C=CC(N(C)C)(N(C)C)C1. The van der Waals surface area contributed by atoms with Crippen LogP contribution in [-0.4, -0.2) is 49.4 Å². The standard InChI is InChI=1S/C18H24N2O/c1-14-13-18(19(2)3,20(4)5)12-11-16(14)17(21)15-9-7-6-8-10-15/h6-12H,13H2,1-5H3. The van der Waals surface area contributed by atoms with Crippen molar-refractivity contribution in [3.63, 3.8) is 0 Å². The van der Waals surface area contributed by atoms with Gasteiger partial charge in [-0.25, -0.2) is 0 Å².